The lowest BCUT2D eigenvalue weighted by Gasteiger charge is -2.28. The van der Waals surface area contributed by atoms with E-state index in [4.69, 9.17) is 22.2 Å². The number of hydrazine groups is 1. The smallest absolute Gasteiger partial charge is 0.129 e. The lowest BCUT2D eigenvalue weighted by atomic mass is 9.98. The molecule has 1 aliphatic heterocycles. The molecule has 1 aromatic carbocycles. The molecule has 0 radical (unpaired) electrons. The van der Waals surface area contributed by atoms with E-state index in [0.717, 1.165) is 29.3 Å². The summed E-state index contributed by atoms with van der Waals surface area (Å²) in [5.41, 5.74) is 3.37. The van der Waals surface area contributed by atoms with Gasteiger partial charge in [-0.1, -0.05) is 24.4 Å². The topological polar surface area (TPSA) is 38.5 Å². The quantitative estimate of drug-likeness (QED) is 0.677. The molecule has 1 fully saturated rings. The van der Waals surface area contributed by atoms with Crippen LogP contribution in [0.1, 0.15) is 31.2 Å². The highest BCUT2D eigenvalue weighted by Gasteiger charge is 2.26. The Morgan fingerprint density at radius 3 is 2.89 bits per heavy atom. The molecule has 4 heteroatoms. The van der Waals surface area contributed by atoms with E-state index in [0.29, 0.717) is 11.6 Å². The average molecular weight is 279 g/mol. The van der Waals surface area contributed by atoms with E-state index >= 15 is 0 Å². The van der Waals surface area contributed by atoms with Crippen LogP contribution in [0.5, 0.6) is 5.75 Å². The minimum Gasteiger partial charge on any atom is -0.488 e. The first kappa shape index (κ1) is 12.8. The second-order valence-electron chi connectivity index (χ2n) is 5.47. The van der Waals surface area contributed by atoms with Gasteiger partial charge < -0.3 is 9.75 Å². The Balaban J connectivity index is 1.95. The molecule has 3 nitrogen and oxygen atoms in total. The van der Waals surface area contributed by atoms with Crippen molar-refractivity contribution in [1.82, 2.24) is 5.01 Å². The largest absolute Gasteiger partial charge is 0.488 e. The van der Waals surface area contributed by atoms with Crippen LogP contribution in [0.4, 0.5) is 0 Å². The Morgan fingerprint density at radius 2 is 2.21 bits per heavy atom. The molecule has 2 N–H and O–H groups in total. The molecule has 1 aliphatic carbocycles. The molecule has 3 rings (SSSR count). The van der Waals surface area contributed by atoms with Crippen molar-refractivity contribution in [3.8, 4) is 5.75 Å². The molecule has 1 aromatic rings. The van der Waals surface area contributed by atoms with E-state index < -0.39 is 0 Å². The third-order valence-corrected chi connectivity index (χ3v) is 4.07. The normalized spacial score (nSPS) is 18.1. The van der Waals surface area contributed by atoms with Gasteiger partial charge in [0.15, 0.2) is 0 Å². The molecule has 0 amide bonds. The number of nitrogens with two attached hydrogens (primary N) is 1. The molecule has 102 valence electrons. The van der Waals surface area contributed by atoms with E-state index in [9.17, 15) is 0 Å². The summed E-state index contributed by atoms with van der Waals surface area (Å²) in [6.07, 6.45) is 5.06. The number of benzene rings is 1. The molecule has 19 heavy (non-hydrogen) atoms. The van der Waals surface area contributed by atoms with Crippen LogP contribution in [0.2, 0.25) is 5.02 Å². The lowest BCUT2D eigenvalue weighted by Crippen LogP contribution is -2.29. The first-order chi connectivity index (χ1) is 9.15. The fraction of sp³-hybridized carbons (Fsp3) is 0.467. The first-order valence-electron chi connectivity index (χ1n) is 6.78. The molecule has 0 spiro atoms. The number of hydrogen-bond donors (Lipinski definition) is 1. The molecule has 1 saturated carbocycles. The summed E-state index contributed by atoms with van der Waals surface area (Å²) in [6.45, 7) is 0.637. The standard InChI is InChI=1S/C15H19ClN2O/c1-18(17)15-11(5-4-10-2-3-10)9-19-14-7-6-12(16)8-13(14)15/h6-8,10H,2-5,9,17H2,1H3. The Morgan fingerprint density at radius 1 is 1.42 bits per heavy atom. The molecule has 1 heterocycles. The van der Waals surface area contributed by atoms with Crippen molar-refractivity contribution in [3.05, 3.63) is 34.4 Å². The predicted octanol–water partition coefficient (Wildman–Crippen LogP) is 3.44. The summed E-state index contributed by atoms with van der Waals surface area (Å²) in [6, 6.07) is 5.70. The molecule has 0 saturated heterocycles. The van der Waals surface area contributed by atoms with Crippen LogP contribution >= 0.6 is 11.6 Å². The van der Waals surface area contributed by atoms with Gasteiger partial charge in [-0.15, -0.1) is 0 Å². The van der Waals surface area contributed by atoms with Gasteiger partial charge in [0, 0.05) is 17.6 Å². The third kappa shape index (κ3) is 2.72. The highest BCUT2D eigenvalue weighted by Crippen LogP contribution is 2.40. The molecule has 0 unspecified atom stereocenters. The van der Waals surface area contributed by atoms with E-state index in [-0.39, 0.29) is 0 Å². The van der Waals surface area contributed by atoms with Crippen molar-refractivity contribution in [1.29, 1.82) is 0 Å². The SMILES string of the molecule is CN(N)C1=C(CCC2CC2)COc2ccc(Cl)cc21. The third-order valence-electron chi connectivity index (χ3n) is 3.84. The Bertz CT molecular complexity index is 521. The Hall–Kier alpha value is -1.19. The van der Waals surface area contributed by atoms with Crippen LogP contribution in [0, 0.1) is 5.92 Å². The summed E-state index contributed by atoms with van der Waals surface area (Å²) < 4.78 is 5.83. The van der Waals surface area contributed by atoms with Crippen molar-refractivity contribution in [2.45, 2.75) is 25.7 Å². The number of rotatable bonds is 4. The minimum absolute atomic E-state index is 0.637. The average Bonchev–Trinajstić information content (AvgIpc) is 3.18. The van der Waals surface area contributed by atoms with Crippen molar-refractivity contribution >= 4 is 17.3 Å². The van der Waals surface area contributed by atoms with Gasteiger partial charge in [-0.25, -0.2) is 5.84 Å². The summed E-state index contributed by atoms with van der Waals surface area (Å²) in [5, 5.41) is 2.41. The molecule has 2 aliphatic rings. The van der Waals surface area contributed by atoms with Gasteiger partial charge in [-0.3, -0.25) is 0 Å². The van der Waals surface area contributed by atoms with E-state index in [1.165, 1.54) is 24.8 Å². The Labute approximate surface area is 119 Å². The lowest BCUT2D eigenvalue weighted by molar-refractivity contribution is 0.330. The van der Waals surface area contributed by atoms with Gasteiger partial charge in [-0.05, 0) is 42.5 Å². The first-order valence-corrected chi connectivity index (χ1v) is 7.16. The Kier molecular flexibility index (Phi) is 3.42. The zero-order chi connectivity index (χ0) is 13.4. The molecular formula is C15H19ClN2O. The van der Waals surface area contributed by atoms with Gasteiger partial charge in [0.05, 0.1) is 5.70 Å². The zero-order valence-corrected chi connectivity index (χ0v) is 11.9. The van der Waals surface area contributed by atoms with Gasteiger partial charge in [0.2, 0.25) is 0 Å². The maximum absolute atomic E-state index is 6.09. The molecule has 0 aromatic heterocycles. The summed E-state index contributed by atoms with van der Waals surface area (Å²) in [4.78, 5) is 0. The van der Waals surface area contributed by atoms with E-state index in [1.54, 1.807) is 5.01 Å². The second-order valence-corrected chi connectivity index (χ2v) is 5.91. The summed E-state index contributed by atoms with van der Waals surface area (Å²) in [7, 11) is 1.88. The van der Waals surface area contributed by atoms with Crippen molar-refractivity contribution in [2.75, 3.05) is 13.7 Å². The maximum atomic E-state index is 6.09. The fourth-order valence-electron chi connectivity index (χ4n) is 2.65. The van der Waals surface area contributed by atoms with Gasteiger partial charge in [0.1, 0.15) is 12.4 Å². The summed E-state index contributed by atoms with van der Waals surface area (Å²) in [5.74, 6) is 7.80. The number of fused-ring (bicyclic) bond motifs is 1. The highest BCUT2D eigenvalue weighted by atomic mass is 35.5. The van der Waals surface area contributed by atoms with Crippen LogP contribution in [0.15, 0.2) is 23.8 Å². The minimum atomic E-state index is 0.637. The number of hydrogen-bond acceptors (Lipinski definition) is 3. The van der Waals surface area contributed by atoms with Crippen LogP contribution in [0.25, 0.3) is 5.70 Å². The van der Waals surface area contributed by atoms with E-state index in [1.807, 2.05) is 25.2 Å². The van der Waals surface area contributed by atoms with Crippen LogP contribution in [-0.4, -0.2) is 18.7 Å². The predicted molar refractivity (Wildman–Crippen MR) is 77.8 cm³/mol. The number of halogens is 1. The van der Waals surface area contributed by atoms with E-state index in [2.05, 4.69) is 0 Å². The van der Waals surface area contributed by atoms with Crippen molar-refractivity contribution < 1.29 is 4.74 Å². The van der Waals surface area contributed by atoms with Crippen LogP contribution < -0.4 is 10.6 Å². The molecule has 0 atom stereocenters. The van der Waals surface area contributed by atoms with Gasteiger partial charge >= 0.3 is 0 Å². The van der Waals surface area contributed by atoms with Crippen LogP contribution in [-0.2, 0) is 0 Å². The van der Waals surface area contributed by atoms with Crippen LogP contribution in [0.3, 0.4) is 0 Å². The fourth-order valence-corrected chi connectivity index (χ4v) is 2.82. The van der Waals surface area contributed by atoms with Crippen molar-refractivity contribution in [3.63, 3.8) is 0 Å². The monoisotopic (exact) mass is 278 g/mol. The van der Waals surface area contributed by atoms with Crippen molar-refractivity contribution in [2.24, 2.45) is 11.8 Å². The molecular weight excluding hydrogens is 260 g/mol. The zero-order valence-electron chi connectivity index (χ0n) is 11.2. The number of ether oxygens (including phenoxy) is 1. The van der Waals surface area contributed by atoms with Gasteiger partial charge in [-0.2, -0.15) is 0 Å². The number of nitrogens with zero attached hydrogens (tertiary/aromatic N) is 1. The second kappa shape index (κ2) is 5.06. The van der Waals surface area contributed by atoms with Gasteiger partial charge in [0.25, 0.3) is 0 Å². The maximum Gasteiger partial charge on any atom is 0.129 e. The summed E-state index contributed by atoms with van der Waals surface area (Å²) >= 11 is 6.09. The highest BCUT2D eigenvalue weighted by molar-refractivity contribution is 6.30. The molecule has 0 bridgehead atoms.